The maximum atomic E-state index is 12.8. The van der Waals surface area contributed by atoms with Crippen LogP contribution in [0.1, 0.15) is 11.1 Å². The summed E-state index contributed by atoms with van der Waals surface area (Å²) in [6.45, 7) is -0.338. The van der Waals surface area contributed by atoms with Gasteiger partial charge in [-0.1, -0.05) is 11.6 Å². The van der Waals surface area contributed by atoms with Gasteiger partial charge in [-0.25, -0.2) is 4.39 Å². The van der Waals surface area contributed by atoms with Crippen LogP contribution in [-0.2, 0) is 12.7 Å². The molecule has 0 aliphatic carbocycles. The maximum Gasteiger partial charge on any atom is 0.416 e. The second-order valence-corrected chi connectivity index (χ2v) is 3.03. The minimum atomic E-state index is -4.61. The molecule has 0 unspecified atom stereocenters. The first-order valence-electron chi connectivity index (χ1n) is 3.61. The maximum absolute atomic E-state index is 12.8. The lowest BCUT2D eigenvalue weighted by Crippen LogP contribution is -2.12. The minimum absolute atomic E-state index is 0.219. The molecule has 1 aromatic carbocycles. The Hall–Kier alpha value is -0.810. The summed E-state index contributed by atoms with van der Waals surface area (Å²) in [7, 11) is 0. The first-order chi connectivity index (χ1) is 6.36. The summed E-state index contributed by atoms with van der Waals surface area (Å²) in [4.78, 5) is 0. The van der Waals surface area contributed by atoms with Crippen molar-refractivity contribution in [2.24, 2.45) is 5.73 Å². The van der Waals surface area contributed by atoms with Crippen molar-refractivity contribution in [2.45, 2.75) is 12.7 Å². The topological polar surface area (TPSA) is 26.0 Å². The van der Waals surface area contributed by atoms with E-state index in [4.69, 9.17) is 17.3 Å². The van der Waals surface area contributed by atoms with Crippen LogP contribution in [0.4, 0.5) is 17.6 Å². The first kappa shape index (κ1) is 11.3. The van der Waals surface area contributed by atoms with Crippen molar-refractivity contribution in [1.82, 2.24) is 0 Å². The molecule has 0 spiro atoms. The van der Waals surface area contributed by atoms with Crippen molar-refractivity contribution in [3.8, 4) is 0 Å². The second kappa shape index (κ2) is 3.74. The van der Waals surface area contributed by atoms with Gasteiger partial charge in [0.15, 0.2) is 0 Å². The zero-order valence-electron chi connectivity index (χ0n) is 6.83. The van der Waals surface area contributed by atoms with E-state index in [1.54, 1.807) is 0 Å². The standard InChI is InChI=1S/C8H6ClF4N/c9-6-1-4(3-14)5(2-7(6)10)8(11,12)13/h1-2H,3,14H2. The first-order valence-corrected chi connectivity index (χ1v) is 3.99. The fraction of sp³-hybridized carbons (Fsp3) is 0.250. The number of nitrogens with two attached hydrogens (primary N) is 1. The van der Waals surface area contributed by atoms with Gasteiger partial charge >= 0.3 is 6.18 Å². The van der Waals surface area contributed by atoms with Crippen molar-refractivity contribution >= 4 is 11.6 Å². The van der Waals surface area contributed by atoms with Gasteiger partial charge in [-0.3, -0.25) is 0 Å². The molecule has 0 atom stereocenters. The van der Waals surface area contributed by atoms with Crippen molar-refractivity contribution in [2.75, 3.05) is 0 Å². The summed E-state index contributed by atoms with van der Waals surface area (Å²) in [5.74, 6) is -1.10. The van der Waals surface area contributed by atoms with Crippen molar-refractivity contribution in [1.29, 1.82) is 0 Å². The van der Waals surface area contributed by atoms with Gasteiger partial charge in [-0.15, -0.1) is 0 Å². The van der Waals surface area contributed by atoms with E-state index < -0.39 is 17.6 Å². The molecule has 6 heteroatoms. The van der Waals surface area contributed by atoms with Crippen LogP contribution in [0.3, 0.4) is 0 Å². The molecular weight excluding hydrogens is 222 g/mol. The molecule has 0 aliphatic heterocycles. The molecule has 0 aliphatic rings. The highest BCUT2D eigenvalue weighted by atomic mass is 35.5. The van der Waals surface area contributed by atoms with E-state index in [0.29, 0.717) is 6.07 Å². The van der Waals surface area contributed by atoms with Gasteiger partial charge in [-0.05, 0) is 17.7 Å². The fourth-order valence-electron chi connectivity index (χ4n) is 1.02. The normalized spacial score (nSPS) is 11.9. The highest BCUT2D eigenvalue weighted by Gasteiger charge is 2.33. The van der Waals surface area contributed by atoms with Crippen LogP contribution in [-0.4, -0.2) is 0 Å². The third-order valence-electron chi connectivity index (χ3n) is 1.67. The Balaban J connectivity index is 3.35. The SMILES string of the molecule is NCc1cc(Cl)c(F)cc1C(F)(F)F. The molecule has 0 bridgehead atoms. The third kappa shape index (κ3) is 2.16. The van der Waals surface area contributed by atoms with Gasteiger partial charge in [0.1, 0.15) is 5.82 Å². The lowest BCUT2D eigenvalue weighted by molar-refractivity contribution is -0.138. The number of hydrogen-bond donors (Lipinski definition) is 1. The van der Waals surface area contributed by atoms with Crippen LogP contribution in [0.25, 0.3) is 0 Å². The molecule has 1 aromatic rings. The van der Waals surface area contributed by atoms with Crippen LogP contribution in [0.5, 0.6) is 0 Å². The number of alkyl halides is 3. The lowest BCUT2D eigenvalue weighted by Gasteiger charge is -2.12. The van der Waals surface area contributed by atoms with Gasteiger partial charge in [0.2, 0.25) is 0 Å². The van der Waals surface area contributed by atoms with Gasteiger partial charge in [0.05, 0.1) is 10.6 Å². The zero-order valence-corrected chi connectivity index (χ0v) is 7.58. The number of rotatable bonds is 1. The molecular formula is C8H6ClF4N. The Morgan fingerprint density at radius 1 is 1.29 bits per heavy atom. The quantitative estimate of drug-likeness (QED) is 0.734. The number of hydrogen-bond acceptors (Lipinski definition) is 1. The summed E-state index contributed by atoms with van der Waals surface area (Å²) < 4.78 is 49.6. The Morgan fingerprint density at radius 2 is 1.86 bits per heavy atom. The van der Waals surface area contributed by atoms with Crippen molar-refractivity contribution in [3.05, 3.63) is 34.1 Å². The van der Waals surface area contributed by atoms with Gasteiger partial charge in [0, 0.05) is 6.54 Å². The van der Waals surface area contributed by atoms with Gasteiger partial charge in [-0.2, -0.15) is 13.2 Å². The van der Waals surface area contributed by atoms with Crippen LogP contribution in [0.2, 0.25) is 5.02 Å². The van der Waals surface area contributed by atoms with E-state index in [2.05, 4.69) is 0 Å². The van der Waals surface area contributed by atoms with Gasteiger partial charge in [0.25, 0.3) is 0 Å². The Kier molecular flexibility index (Phi) is 3.01. The van der Waals surface area contributed by atoms with E-state index in [0.717, 1.165) is 6.07 Å². The Bertz CT molecular complexity index is 348. The molecule has 1 rings (SSSR count). The molecule has 0 amide bonds. The minimum Gasteiger partial charge on any atom is -0.326 e. The molecule has 1 nitrogen and oxygen atoms in total. The summed E-state index contributed by atoms with van der Waals surface area (Å²) >= 11 is 5.32. The van der Waals surface area contributed by atoms with Crippen molar-refractivity contribution < 1.29 is 17.6 Å². The largest absolute Gasteiger partial charge is 0.416 e. The van der Waals surface area contributed by atoms with E-state index in [9.17, 15) is 17.6 Å². The van der Waals surface area contributed by atoms with E-state index in [1.807, 2.05) is 0 Å². The fourth-order valence-corrected chi connectivity index (χ4v) is 1.21. The summed E-state index contributed by atoms with van der Waals surface area (Å²) in [5, 5.41) is -0.363. The Labute approximate surface area is 82.5 Å². The molecule has 0 saturated carbocycles. The summed E-state index contributed by atoms with van der Waals surface area (Å²) in [6, 6.07) is 1.24. The molecule has 78 valence electrons. The average molecular weight is 228 g/mol. The van der Waals surface area contributed by atoms with E-state index in [1.165, 1.54) is 0 Å². The zero-order chi connectivity index (χ0) is 10.9. The molecule has 14 heavy (non-hydrogen) atoms. The smallest absolute Gasteiger partial charge is 0.326 e. The monoisotopic (exact) mass is 227 g/mol. The highest BCUT2D eigenvalue weighted by molar-refractivity contribution is 6.30. The van der Waals surface area contributed by atoms with E-state index in [-0.39, 0.29) is 17.1 Å². The van der Waals surface area contributed by atoms with Crippen LogP contribution >= 0.6 is 11.6 Å². The molecule has 0 fully saturated rings. The molecule has 0 heterocycles. The average Bonchev–Trinajstić information content (AvgIpc) is 2.07. The van der Waals surface area contributed by atoms with Crippen LogP contribution in [0, 0.1) is 5.82 Å². The second-order valence-electron chi connectivity index (χ2n) is 2.63. The van der Waals surface area contributed by atoms with Crippen LogP contribution < -0.4 is 5.73 Å². The third-order valence-corrected chi connectivity index (χ3v) is 1.96. The number of benzene rings is 1. The number of halogens is 5. The molecule has 0 saturated heterocycles. The van der Waals surface area contributed by atoms with Gasteiger partial charge < -0.3 is 5.73 Å². The summed E-state index contributed by atoms with van der Waals surface area (Å²) in [6.07, 6.45) is -4.61. The molecule has 0 aromatic heterocycles. The highest BCUT2D eigenvalue weighted by Crippen LogP contribution is 2.34. The summed E-state index contributed by atoms with van der Waals surface area (Å²) in [5.41, 5.74) is 3.79. The lowest BCUT2D eigenvalue weighted by atomic mass is 10.1. The van der Waals surface area contributed by atoms with Crippen LogP contribution in [0.15, 0.2) is 12.1 Å². The predicted octanol–water partition coefficient (Wildman–Crippen LogP) is 2.96. The van der Waals surface area contributed by atoms with E-state index >= 15 is 0 Å². The predicted molar refractivity (Wildman–Crippen MR) is 44.3 cm³/mol. The van der Waals surface area contributed by atoms with Crippen molar-refractivity contribution in [3.63, 3.8) is 0 Å². The molecule has 2 N–H and O–H groups in total. The molecule has 0 radical (unpaired) electrons. The Morgan fingerprint density at radius 3 is 2.29 bits per heavy atom.